The number of aromatic nitrogens is 2. The summed E-state index contributed by atoms with van der Waals surface area (Å²) in [6.45, 7) is 6.26. The summed E-state index contributed by atoms with van der Waals surface area (Å²) in [5.41, 5.74) is 0.550. The largest absolute Gasteiger partial charge is 0.493 e. The summed E-state index contributed by atoms with van der Waals surface area (Å²) in [6.07, 6.45) is 1.63. The molecule has 0 aliphatic heterocycles. The highest BCUT2D eigenvalue weighted by atomic mass is 16.5. The van der Waals surface area contributed by atoms with Crippen LogP contribution in [0.15, 0.2) is 53.8 Å². The molecule has 138 valence electrons. The summed E-state index contributed by atoms with van der Waals surface area (Å²) in [4.78, 5) is 30.8. The van der Waals surface area contributed by atoms with Gasteiger partial charge in [0.25, 0.3) is 5.56 Å². The third-order valence-corrected chi connectivity index (χ3v) is 3.83. The van der Waals surface area contributed by atoms with Crippen LogP contribution in [0.4, 0.5) is 0 Å². The van der Waals surface area contributed by atoms with Crippen molar-refractivity contribution in [3.05, 3.63) is 65.0 Å². The second kappa shape index (κ2) is 7.74. The molecule has 0 saturated carbocycles. The second-order valence-electron chi connectivity index (χ2n) is 5.64. The van der Waals surface area contributed by atoms with Crippen molar-refractivity contribution in [1.82, 2.24) is 9.97 Å². The summed E-state index contributed by atoms with van der Waals surface area (Å²) in [6, 6.07) is 9.46. The van der Waals surface area contributed by atoms with Gasteiger partial charge in [0.05, 0.1) is 28.6 Å². The van der Waals surface area contributed by atoms with Gasteiger partial charge in [-0.2, -0.15) is 0 Å². The summed E-state index contributed by atoms with van der Waals surface area (Å²) >= 11 is 0. The zero-order valence-electron chi connectivity index (χ0n) is 14.7. The standard InChI is InChI=1S/C20H18N2O5/c1-3-9-27-13-6-8-17(26-4-2)15(11-13)18-21-16-7-5-12(20(24)25)10-14(16)19(23)22-18/h3,5-8,10-11H,1,4,9H2,2H3,(H,24,25)(H,21,22,23). The fraction of sp³-hybridized carbons (Fsp3) is 0.150. The van der Waals surface area contributed by atoms with Crippen LogP contribution in [-0.4, -0.2) is 34.3 Å². The Morgan fingerprint density at radius 2 is 2.07 bits per heavy atom. The molecule has 27 heavy (non-hydrogen) atoms. The van der Waals surface area contributed by atoms with Gasteiger partial charge in [-0.15, -0.1) is 0 Å². The van der Waals surface area contributed by atoms with E-state index in [0.29, 0.717) is 41.6 Å². The minimum Gasteiger partial charge on any atom is -0.493 e. The Morgan fingerprint density at radius 3 is 2.78 bits per heavy atom. The predicted octanol–water partition coefficient (Wildman–Crippen LogP) is 3.25. The van der Waals surface area contributed by atoms with Gasteiger partial charge < -0.3 is 19.6 Å². The number of aromatic carboxylic acids is 1. The third-order valence-electron chi connectivity index (χ3n) is 3.83. The van der Waals surface area contributed by atoms with E-state index in [1.165, 1.54) is 18.2 Å². The Labute approximate surface area is 154 Å². The number of rotatable bonds is 7. The number of carboxylic acids is 1. The van der Waals surface area contributed by atoms with Crippen molar-refractivity contribution >= 4 is 16.9 Å². The molecule has 0 aliphatic carbocycles. The minimum absolute atomic E-state index is 0.0253. The summed E-state index contributed by atoms with van der Waals surface area (Å²) < 4.78 is 11.2. The zero-order chi connectivity index (χ0) is 19.4. The van der Waals surface area contributed by atoms with E-state index in [1.807, 2.05) is 6.92 Å². The molecule has 7 heteroatoms. The highest BCUT2D eigenvalue weighted by Gasteiger charge is 2.14. The quantitative estimate of drug-likeness (QED) is 0.623. The maximum Gasteiger partial charge on any atom is 0.335 e. The molecular weight excluding hydrogens is 348 g/mol. The van der Waals surface area contributed by atoms with E-state index in [2.05, 4.69) is 16.5 Å². The van der Waals surface area contributed by atoms with Gasteiger partial charge in [-0.25, -0.2) is 9.78 Å². The average Bonchev–Trinajstić information content (AvgIpc) is 2.67. The van der Waals surface area contributed by atoms with Crippen molar-refractivity contribution < 1.29 is 19.4 Å². The number of hydrogen-bond acceptors (Lipinski definition) is 5. The molecule has 0 spiro atoms. The second-order valence-corrected chi connectivity index (χ2v) is 5.64. The van der Waals surface area contributed by atoms with Crippen LogP contribution in [-0.2, 0) is 0 Å². The first-order valence-electron chi connectivity index (χ1n) is 8.31. The summed E-state index contributed by atoms with van der Waals surface area (Å²) in [7, 11) is 0. The van der Waals surface area contributed by atoms with E-state index in [-0.39, 0.29) is 10.9 Å². The molecule has 2 aromatic carbocycles. The first-order valence-corrected chi connectivity index (χ1v) is 8.31. The average molecular weight is 366 g/mol. The molecule has 3 aromatic rings. The Balaban J connectivity index is 2.15. The first-order chi connectivity index (χ1) is 13.0. The number of hydrogen-bond donors (Lipinski definition) is 2. The predicted molar refractivity (Wildman–Crippen MR) is 102 cm³/mol. The van der Waals surface area contributed by atoms with E-state index in [0.717, 1.165) is 0 Å². The van der Waals surface area contributed by atoms with Crippen LogP contribution in [0.2, 0.25) is 0 Å². The molecule has 0 amide bonds. The molecule has 7 nitrogen and oxygen atoms in total. The lowest BCUT2D eigenvalue weighted by molar-refractivity contribution is 0.0697. The van der Waals surface area contributed by atoms with Gasteiger partial charge >= 0.3 is 5.97 Å². The van der Waals surface area contributed by atoms with Gasteiger partial charge in [0.15, 0.2) is 0 Å². The molecule has 3 rings (SSSR count). The number of H-pyrrole nitrogens is 1. The summed E-state index contributed by atoms with van der Waals surface area (Å²) in [5.74, 6) is 0.333. The van der Waals surface area contributed by atoms with Gasteiger partial charge in [-0.1, -0.05) is 12.7 Å². The number of ether oxygens (including phenoxy) is 2. The van der Waals surface area contributed by atoms with Crippen molar-refractivity contribution in [1.29, 1.82) is 0 Å². The Morgan fingerprint density at radius 1 is 1.26 bits per heavy atom. The monoisotopic (exact) mass is 366 g/mol. The van der Waals surface area contributed by atoms with Crippen LogP contribution in [0.3, 0.4) is 0 Å². The number of benzene rings is 2. The number of nitrogens with one attached hydrogen (secondary N) is 1. The molecule has 2 N–H and O–H groups in total. The van der Waals surface area contributed by atoms with Crippen LogP contribution >= 0.6 is 0 Å². The van der Waals surface area contributed by atoms with E-state index in [4.69, 9.17) is 14.6 Å². The first kappa shape index (κ1) is 18.2. The van der Waals surface area contributed by atoms with E-state index < -0.39 is 11.5 Å². The van der Waals surface area contributed by atoms with E-state index >= 15 is 0 Å². The molecule has 0 radical (unpaired) electrons. The van der Waals surface area contributed by atoms with Crippen LogP contribution in [0.1, 0.15) is 17.3 Å². The molecule has 0 unspecified atom stereocenters. The number of fused-ring (bicyclic) bond motifs is 1. The fourth-order valence-electron chi connectivity index (χ4n) is 2.62. The normalized spacial score (nSPS) is 10.6. The van der Waals surface area contributed by atoms with Crippen molar-refractivity contribution in [3.63, 3.8) is 0 Å². The van der Waals surface area contributed by atoms with Crippen LogP contribution in [0, 0.1) is 0 Å². The van der Waals surface area contributed by atoms with Gasteiger partial charge in [-0.3, -0.25) is 4.79 Å². The molecule has 1 aromatic heterocycles. The topological polar surface area (TPSA) is 102 Å². The van der Waals surface area contributed by atoms with Crippen molar-refractivity contribution in [2.45, 2.75) is 6.92 Å². The fourth-order valence-corrected chi connectivity index (χ4v) is 2.62. The molecule has 1 heterocycles. The maximum absolute atomic E-state index is 12.5. The minimum atomic E-state index is -1.11. The molecule has 0 aliphatic rings. The van der Waals surface area contributed by atoms with Gasteiger partial charge in [0, 0.05) is 0 Å². The van der Waals surface area contributed by atoms with Crippen molar-refractivity contribution in [2.75, 3.05) is 13.2 Å². The lowest BCUT2D eigenvalue weighted by Gasteiger charge is -2.12. The molecule has 0 bridgehead atoms. The molecule has 0 saturated heterocycles. The summed E-state index contributed by atoms with van der Waals surface area (Å²) in [5, 5.41) is 9.30. The molecule has 0 atom stereocenters. The third kappa shape index (κ3) is 3.82. The lowest BCUT2D eigenvalue weighted by Crippen LogP contribution is -2.11. The van der Waals surface area contributed by atoms with E-state index in [9.17, 15) is 9.59 Å². The maximum atomic E-state index is 12.5. The van der Waals surface area contributed by atoms with E-state index in [1.54, 1.807) is 24.3 Å². The Kier molecular flexibility index (Phi) is 5.21. The van der Waals surface area contributed by atoms with Crippen molar-refractivity contribution in [2.24, 2.45) is 0 Å². The lowest BCUT2D eigenvalue weighted by atomic mass is 10.1. The van der Waals surface area contributed by atoms with Crippen LogP contribution in [0.25, 0.3) is 22.3 Å². The number of carboxylic acid groups (broad SMARTS) is 1. The highest BCUT2D eigenvalue weighted by molar-refractivity contribution is 5.93. The molecular formula is C20H18N2O5. The Bertz CT molecular complexity index is 1070. The SMILES string of the molecule is C=CCOc1ccc(OCC)c(-c2nc3ccc(C(=O)O)cc3c(=O)[nH]2)c1. The number of nitrogens with zero attached hydrogens (tertiary/aromatic N) is 1. The highest BCUT2D eigenvalue weighted by Crippen LogP contribution is 2.32. The zero-order valence-corrected chi connectivity index (χ0v) is 14.7. The smallest absolute Gasteiger partial charge is 0.335 e. The Hall–Kier alpha value is -3.61. The molecule has 0 fully saturated rings. The van der Waals surface area contributed by atoms with Crippen LogP contribution < -0.4 is 15.0 Å². The number of carbonyl (C=O) groups is 1. The van der Waals surface area contributed by atoms with Gasteiger partial charge in [-0.05, 0) is 43.3 Å². The number of aromatic amines is 1. The van der Waals surface area contributed by atoms with Crippen LogP contribution in [0.5, 0.6) is 11.5 Å². The van der Waals surface area contributed by atoms with Gasteiger partial charge in [0.2, 0.25) is 0 Å². The van der Waals surface area contributed by atoms with Gasteiger partial charge in [0.1, 0.15) is 23.9 Å². The van der Waals surface area contributed by atoms with Crippen molar-refractivity contribution in [3.8, 4) is 22.9 Å².